The van der Waals surface area contributed by atoms with Crippen LogP contribution in [0, 0.1) is 5.82 Å². The molecule has 0 aliphatic carbocycles. The third kappa shape index (κ3) is 9.69. The molecule has 0 spiro atoms. The number of piperazine rings is 1. The van der Waals surface area contributed by atoms with Gasteiger partial charge in [-0.2, -0.15) is 0 Å². The van der Waals surface area contributed by atoms with Gasteiger partial charge >= 0.3 is 18.0 Å². The van der Waals surface area contributed by atoms with E-state index in [9.17, 15) is 33.5 Å². The Balaban J connectivity index is 2.37. The SMILES string of the molecule is COC(=O)C[C@H]1C(=O)N(CC(=O)OC(C)(C)C)CCN1C(=O)[C@H](Cc1ccc(O)cc1F)NC(=O)OC(C)(C)C. The number of phenolic OH excluding ortho intramolecular Hbond substituents is 1. The number of phenols is 1. The number of carbonyl (C=O) groups is 5. The lowest BCUT2D eigenvalue weighted by molar-refractivity contribution is -0.164. The van der Waals surface area contributed by atoms with Gasteiger partial charge < -0.3 is 34.4 Å². The first-order chi connectivity index (χ1) is 18.4. The van der Waals surface area contributed by atoms with Crippen LogP contribution in [0.15, 0.2) is 18.2 Å². The monoisotopic (exact) mass is 567 g/mol. The molecule has 0 bridgehead atoms. The predicted octanol–water partition coefficient (Wildman–Crippen LogP) is 1.91. The lowest BCUT2D eigenvalue weighted by Gasteiger charge is -2.41. The third-order valence-electron chi connectivity index (χ3n) is 5.64. The lowest BCUT2D eigenvalue weighted by atomic mass is 10.0. The van der Waals surface area contributed by atoms with Crippen LogP contribution in [0.25, 0.3) is 0 Å². The van der Waals surface area contributed by atoms with Crippen LogP contribution < -0.4 is 5.32 Å². The molecule has 1 saturated heterocycles. The molecule has 1 aliphatic heterocycles. The average Bonchev–Trinajstić information content (AvgIpc) is 2.80. The molecule has 0 unspecified atom stereocenters. The second-order valence-electron chi connectivity index (χ2n) is 11.4. The van der Waals surface area contributed by atoms with Crippen molar-refractivity contribution in [1.82, 2.24) is 15.1 Å². The van der Waals surface area contributed by atoms with Crippen LogP contribution >= 0.6 is 0 Å². The number of esters is 2. The van der Waals surface area contributed by atoms with Gasteiger partial charge in [-0.25, -0.2) is 9.18 Å². The molecule has 1 heterocycles. The Bertz CT molecular complexity index is 1130. The zero-order valence-electron chi connectivity index (χ0n) is 23.9. The second-order valence-corrected chi connectivity index (χ2v) is 11.4. The molecule has 222 valence electrons. The van der Waals surface area contributed by atoms with E-state index in [1.54, 1.807) is 41.5 Å². The molecular weight excluding hydrogens is 529 g/mol. The van der Waals surface area contributed by atoms with Crippen molar-refractivity contribution in [2.24, 2.45) is 0 Å². The van der Waals surface area contributed by atoms with E-state index in [0.29, 0.717) is 0 Å². The fraction of sp³-hybridized carbons (Fsp3) is 0.593. The number of carbonyl (C=O) groups excluding carboxylic acids is 5. The molecule has 0 aromatic heterocycles. The van der Waals surface area contributed by atoms with Crippen LogP contribution in [0.3, 0.4) is 0 Å². The first kappa shape index (κ1) is 32.3. The summed E-state index contributed by atoms with van der Waals surface area (Å²) in [6, 6.07) is 0.593. The summed E-state index contributed by atoms with van der Waals surface area (Å²) in [5.41, 5.74) is -1.68. The fourth-order valence-electron chi connectivity index (χ4n) is 4.00. The Hall–Kier alpha value is -3.90. The van der Waals surface area contributed by atoms with Crippen molar-refractivity contribution in [2.75, 3.05) is 26.7 Å². The molecule has 2 rings (SSSR count). The fourth-order valence-corrected chi connectivity index (χ4v) is 4.00. The zero-order chi connectivity index (χ0) is 30.4. The van der Waals surface area contributed by atoms with Crippen molar-refractivity contribution in [2.45, 2.75) is 77.7 Å². The van der Waals surface area contributed by atoms with E-state index in [2.05, 4.69) is 5.32 Å². The van der Waals surface area contributed by atoms with Crippen LogP contribution in [0.5, 0.6) is 5.75 Å². The van der Waals surface area contributed by atoms with Crippen LogP contribution in [0.1, 0.15) is 53.5 Å². The molecule has 1 fully saturated rings. The molecule has 12 nitrogen and oxygen atoms in total. The van der Waals surface area contributed by atoms with Crippen molar-refractivity contribution < 1.29 is 47.7 Å². The largest absolute Gasteiger partial charge is 0.508 e. The molecule has 13 heteroatoms. The number of rotatable bonds is 8. The zero-order valence-corrected chi connectivity index (χ0v) is 23.9. The van der Waals surface area contributed by atoms with Gasteiger partial charge in [0.05, 0.1) is 13.5 Å². The third-order valence-corrected chi connectivity index (χ3v) is 5.64. The van der Waals surface area contributed by atoms with Gasteiger partial charge in [-0.15, -0.1) is 0 Å². The minimum absolute atomic E-state index is 0.00612. The number of methoxy groups -OCH3 is 1. The summed E-state index contributed by atoms with van der Waals surface area (Å²) in [5.74, 6) is -4.05. The van der Waals surface area contributed by atoms with Crippen LogP contribution in [0.2, 0.25) is 0 Å². The van der Waals surface area contributed by atoms with Crippen molar-refractivity contribution in [3.8, 4) is 5.75 Å². The number of amides is 3. The van der Waals surface area contributed by atoms with Crippen LogP contribution in [0.4, 0.5) is 9.18 Å². The Labute approximate surface area is 232 Å². The van der Waals surface area contributed by atoms with E-state index in [-0.39, 0.29) is 30.8 Å². The van der Waals surface area contributed by atoms with Crippen LogP contribution in [-0.2, 0) is 39.8 Å². The number of alkyl carbamates (subject to hydrolysis) is 1. The minimum atomic E-state index is -1.40. The number of aromatic hydroxyl groups is 1. The van der Waals surface area contributed by atoms with Gasteiger partial charge in [0.1, 0.15) is 41.4 Å². The summed E-state index contributed by atoms with van der Waals surface area (Å²) in [5, 5.41) is 12.0. The summed E-state index contributed by atoms with van der Waals surface area (Å²) < 4.78 is 29.8. The van der Waals surface area contributed by atoms with Gasteiger partial charge in [-0.05, 0) is 53.2 Å². The Morgan fingerprint density at radius 2 is 1.68 bits per heavy atom. The van der Waals surface area contributed by atoms with Gasteiger partial charge in [0.15, 0.2) is 0 Å². The van der Waals surface area contributed by atoms with Crippen molar-refractivity contribution >= 4 is 29.8 Å². The van der Waals surface area contributed by atoms with Crippen LogP contribution in [-0.4, -0.2) is 94.8 Å². The van der Waals surface area contributed by atoms with E-state index < -0.39 is 71.9 Å². The molecule has 1 aromatic carbocycles. The average molecular weight is 568 g/mol. The van der Waals surface area contributed by atoms with Crippen molar-refractivity contribution in [3.63, 3.8) is 0 Å². The summed E-state index contributed by atoms with van der Waals surface area (Å²) in [4.78, 5) is 66.6. The van der Waals surface area contributed by atoms with Crippen molar-refractivity contribution in [1.29, 1.82) is 0 Å². The summed E-state index contributed by atoms with van der Waals surface area (Å²) in [6.45, 7) is 9.35. The summed E-state index contributed by atoms with van der Waals surface area (Å²) >= 11 is 0. The van der Waals surface area contributed by atoms with Gasteiger partial charge in [-0.1, -0.05) is 6.07 Å². The number of nitrogens with one attached hydrogen (secondary N) is 1. The number of hydrogen-bond donors (Lipinski definition) is 2. The molecule has 3 amide bonds. The Morgan fingerprint density at radius 3 is 2.23 bits per heavy atom. The highest BCUT2D eigenvalue weighted by Crippen LogP contribution is 2.21. The highest BCUT2D eigenvalue weighted by Gasteiger charge is 2.42. The maximum Gasteiger partial charge on any atom is 0.408 e. The van der Waals surface area contributed by atoms with Gasteiger partial charge in [0.25, 0.3) is 0 Å². The van der Waals surface area contributed by atoms with Gasteiger partial charge in [0.2, 0.25) is 11.8 Å². The highest BCUT2D eigenvalue weighted by atomic mass is 19.1. The summed E-state index contributed by atoms with van der Waals surface area (Å²) in [6.07, 6.45) is -1.82. The number of hydrogen-bond acceptors (Lipinski definition) is 9. The maximum absolute atomic E-state index is 14.6. The molecule has 1 aromatic rings. The number of halogens is 1. The highest BCUT2D eigenvalue weighted by molar-refractivity contribution is 5.95. The second kappa shape index (κ2) is 13.0. The van der Waals surface area contributed by atoms with Crippen molar-refractivity contribution in [3.05, 3.63) is 29.6 Å². The summed E-state index contributed by atoms with van der Waals surface area (Å²) in [7, 11) is 1.13. The number of benzene rings is 1. The van der Waals surface area contributed by atoms with E-state index in [4.69, 9.17) is 14.2 Å². The van der Waals surface area contributed by atoms with E-state index >= 15 is 0 Å². The Kier molecular flexibility index (Phi) is 10.5. The maximum atomic E-state index is 14.6. The molecule has 2 N–H and O–H groups in total. The normalized spacial score (nSPS) is 16.7. The topological polar surface area (TPSA) is 152 Å². The number of ether oxygens (including phenoxy) is 3. The quantitative estimate of drug-likeness (QED) is 0.354. The lowest BCUT2D eigenvalue weighted by Crippen LogP contribution is -2.63. The molecule has 40 heavy (non-hydrogen) atoms. The first-order valence-corrected chi connectivity index (χ1v) is 12.7. The molecule has 1 aliphatic rings. The predicted molar refractivity (Wildman–Crippen MR) is 139 cm³/mol. The molecular formula is C27H38FN3O9. The molecule has 2 atom stereocenters. The van der Waals surface area contributed by atoms with E-state index in [1.165, 1.54) is 17.0 Å². The standard InChI is InChI=1S/C27H38FN3O9/c1-26(2,3)39-22(34)15-30-10-11-31(20(24(30)36)14-21(33)38-7)23(35)19(29-25(37)40-27(4,5)6)12-16-8-9-17(32)13-18(16)28/h8-9,13,19-20,32H,10-12,14-15H2,1-7H3,(H,29,37)/t19-,20-/m0/s1. The van der Waals surface area contributed by atoms with E-state index in [0.717, 1.165) is 18.1 Å². The molecule has 0 radical (unpaired) electrons. The first-order valence-electron chi connectivity index (χ1n) is 12.7. The minimum Gasteiger partial charge on any atom is -0.508 e. The van der Waals surface area contributed by atoms with Gasteiger partial charge in [-0.3, -0.25) is 19.2 Å². The van der Waals surface area contributed by atoms with Gasteiger partial charge in [0, 0.05) is 25.6 Å². The molecule has 0 saturated carbocycles. The Morgan fingerprint density at radius 1 is 1.05 bits per heavy atom. The smallest absolute Gasteiger partial charge is 0.408 e. The van der Waals surface area contributed by atoms with E-state index in [1.807, 2.05) is 0 Å². The number of nitrogens with zero attached hydrogens (tertiary/aromatic N) is 2.